The highest BCUT2D eigenvalue weighted by Crippen LogP contribution is 2.21. The van der Waals surface area contributed by atoms with Gasteiger partial charge in [-0.25, -0.2) is 13.1 Å². The molecule has 1 aromatic heterocycles. The molecule has 0 saturated carbocycles. The number of amides is 1. The highest BCUT2D eigenvalue weighted by atomic mass is 32.2. The van der Waals surface area contributed by atoms with Gasteiger partial charge < -0.3 is 5.32 Å². The molecule has 0 radical (unpaired) electrons. The largest absolute Gasteiger partial charge is 0.300 e. The maximum atomic E-state index is 12.6. The van der Waals surface area contributed by atoms with Gasteiger partial charge in [-0.1, -0.05) is 42.9 Å². The van der Waals surface area contributed by atoms with Crippen molar-refractivity contribution < 1.29 is 13.2 Å². The third-order valence-corrected chi connectivity index (χ3v) is 6.44. The van der Waals surface area contributed by atoms with Crippen LogP contribution in [-0.2, 0) is 21.2 Å². The minimum absolute atomic E-state index is 0.0125. The number of hydrogen-bond donors (Lipinski definition) is 2. The monoisotopic (exact) mass is 410 g/mol. The van der Waals surface area contributed by atoms with Gasteiger partial charge in [-0.05, 0) is 37.8 Å². The summed E-state index contributed by atoms with van der Waals surface area (Å²) < 4.78 is 27.6. The van der Waals surface area contributed by atoms with Crippen molar-refractivity contribution in [2.45, 2.75) is 52.4 Å². The van der Waals surface area contributed by atoms with Crippen molar-refractivity contribution in [3.63, 3.8) is 0 Å². The summed E-state index contributed by atoms with van der Waals surface area (Å²) in [5.41, 5.74) is 2.39. The van der Waals surface area contributed by atoms with Gasteiger partial charge in [0, 0.05) is 19.4 Å². The molecule has 0 aliphatic heterocycles. The molecule has 0 unspecified atom stereocenters. The van der Waals surface area contributed by atoms with Gasteiger partial charge >= 0.3 is 0 Å². The first kappa shape index (κ1) is 21.5. The predicted octanol–water partition coefficient (Wildman–Crippen LogP) is 2.97. The van der Waals surface area contributed by atoms with Gasteiger partial charge in [-0.15, -0.1) is 10.2 Å². The molecule has 1 heterocycles. The van der Waals surface area contributed by atoms with E-state index in [1.807, 2.05) is 19.1 Å². The summed E-state index contributed by atoms with van der Waals surface area (Å²) in [5, 5.41) is 11.9. The fourth-order valence-corrected chi connectivity index (χ4v) is 5.33. The van der Waals surface area contributed by atoms with Gasteiger partial charge in [-0.2, -0.15) is 0 Å². The molecule has 148 valence electrons. The van der Waals surface area contributed by atoms with Crippen molar-refractivity contribution in [1.82, 2.24) is 14.9 Å². The van der Waals surface area contributed by atoms with Crippen molar-refractivity contribution >= 4 is 32.4 Å². The molecule has 0 bridgehead atoms. The number of anilines is 1. The van der Waals surface area contributed by atoms with Crippen LogP contribution in [-0.4, -0.2) is 31.1 Å². The highest BCUT2D eigenvalue weighted by Gasteiger charge is 2.20. The molecule has 0 aliphatic carbocycles. The Morgan fingerprint density at radius 3 is 2.37 bits per heavy atom. The third kappa shape index (κ3) is 6.08. The zero-order chi connectivity index (χ0) is 20.2. The summed E-state index contributed by atoms with van der Waals surface area (Å²) in [6, 6.07) is 3.66. The molecule has 0 saturated heterocycles. The second-order valence-electron chi connectivity index (χ2n) is 7.02. The molecular weight excluding hydrogens is 384 g/mol. The van der Waals surface area contributed by atoms with Crippen LogP contribution in [0.15, 0.2) is 17.0 Å². The lowest BCUT2D eigenvalue weighted by Crippen LogP contribution is -2.29. The Bertz CT molecular complexity index is 897. The molecule has 2 aromatic rings. The second-order valence-corrected chi connectivity index (χ2v) is 9.79. The van der Waals surface area contributed by atoms with Gasteiger partial charge in [-0.3, -0.25) is 4.79 Å². The minimum Gasteiger partial charge on any atom is -0.300 e. The van der Waals surface area contributed by atoms with E-state index < -0.39 is 10.0 Å². The van der Waals surface area contributed by atoms with Gasteiger partial charge in [0.25, 0.3) is 0 Å². The Labute approximate surface area is 164 Å². The van der Waals surface area contributed by atoms with Crippen LogP contribution in [0.4, 0.5) is 5.13 Å². The molecule has 0 atom stereocenters. The van der Waals surface area contributed by atoms with Gasteiger partial charge in [0.2, 0.25) is 21.1 Å². The topological polar surface area (TPSA) is 101 Å². The Kier molecular flexibility index (Phi) is 7.07. The number of hydrogen-bond acceptors (Lipinski definition) is 6. The summed E-state index contributed by atoms with van der Waals surface area (Å²) in [7, 11) is -3.67. The molecule has 9 heteroatoms. The fraction of sp³-hybridized carbons (Fsp3) is 0.500. The van der Waals surface area contributed by atoms with Crippen molar-refractivity contribution in [1.29, 1.82) is 0 Å². The van der Waals surface area contributed by atoms with E-state index in [0.717, 1.165) is 17.0 Å². The molecule has 2 rings (SSSR count). The summed E-state index contributed by atoms with van der Waals surface area (Å²) in [6.45, 7) is 9.65. The zero-order valence-corrected chi connectivity index (χ0v) is 17.9. The van der Waals surface area contributed by atoms with Crippen molar-refractivity contribution in [2.75, 3.05) is 11.9 Å². The summed E-state index contributed by atoms with van der Waals surface area (Å²) in [5.74, 6) is 0.159. The standard InChI is InChI=1S/C18H26N4O3S2/c1-11(2)8-16-21-22-18(26-16)20-15(23)6-7-19-27(24,25)17-13(4)9-12(3)10-14(17)5/h9-11,19H,6-8H2,1-5H3,(H,20,22,23). The average Bonchev–Trinajstić information content (AvgIpc) is 2.91. The summed E-state index contributed by atoms with van der Waals surface area (Å²) in [4.78, 5) is 12.3. The molecule has 0 spiro atoms. The lowest BCUT2D eigenvalue weighted by atomic mass is 10.1. The molecule has 1 amide bonds. The maximum Gasteiger partial charge on any atom is 0.241 e. The Morgan fingerprint density at radius 2 is 1.78 bits per heavy atom. The van der Waals surface area contributed by atoms with Crippen LogP contribution in [0.3, 0.4) is 0 Å². The Morgan fingerprint density at radius 1 is 1.15 bits per heavy atom. The average molecular weight is 411 g/mol. The molecule has 1 aromatic carbocycles. The van der Waals surface area contributed by atoms with Crippen molar-refractivity contribution in [2.24, 2.45) is 5.92 Å². The number of nitrogens with one attached hydrogen (secondary N) is 2. The number of aromatic nitrogens is 2. The number of sulfonamides is 1. The van der Waals surface area contributed by atoms with Gasteiger partial charge in [0.15, 0.2) is 0 Å². The molecule has 27 heavy (non-hydrogen) atoms. The highest BCUT2D eigenvalue weighted by molar-refractivity contribution is 7.89. The Hall–Kier alpha value is -1.84. The SMILES string of the molecule is Cc1cc(C)c(S(=O)(=O)NCCC(=O)Nc2nnc(CC(C)C)s2)c(C)c1. The first-order valence-corrected chi connectivity index (χ1v) is 11.1. The maximum absolute atomic E-state index is 12.6. The summed E-state index contributed by atoms with van der Waals surface area (Å²) >= 11 is 1.34. The van der Waals surface area contributed by atoms with Crippen molar-refractivity contribution in [3.8, 4) is 0 Å². The van der Waals surface area contributed by atoms with E-state index in [2.05, 4.69) is 34.1 Å². The smallest absolute Gasteiger partial charge is 0.241 e. The van der Waals surface area contributed by atoms with Crippen LogP contribution in [0.1, 0.15) is 42.0 Å². The van der Waals surface area contributed by atoms with Gasteiger partial charge in [0.1, 0.15) is 5.01 Å². The predicted molar refractivity (Wildman–Crippen MR) is 108 cm³/mol. The van der Waals surface area contributed by atoms with E-state index in [4.69, 9.17) is 0 Å². The van der Waals surface area contributed by atoms with Gasteiger partial charge in [0.05, 0.1) is 4.90 Å². The van der Waals surface area contributed by atoms with Crippen molar-refractivity contribution in [3.05, 3.63) is 33.8 Å². The summed E-state index contributed by atoms with van der Waals surface area (Å²) in [6.07, 6.45) is 0.824. The van der Waals surface area contributed by atoms with Crippen LogP contribution in [0.2, 0.25) is 0 Å². The molecule has 7 nitrogen and oxygen atoms in total. The number of benzene rings is 1. The molecule has 0 aliphatic rings. The first-order chi connectivity index (χ1) is 12.6. The number of carbonyl (C=O) groups is 1. The lowest BCUT2D eigenvalue weighted by molar-refractivity contribution is -0.116. The van der Waals surface area contributed by atoms with E-state index in [1.165, 1.54) is 11.3 Å². The molecule has 0 fully saturated rings. The lowest BCUT2D eigenvalue weighted by Gasteiger charge is -2.13. The van der Waals surface area contributed by atoms with Crippen LogP contribution in [0, 0.1) is 26.7 Å². The minimum atomic E-state index is -3.67. The van der Waals surface area contributed by atoms with E-state index in [0.29, 0.717) is 22.2 Å². The first-order valence-electron chi connectivity index (χ1n) is 8.78. The fourth-order valence-electron chi connectivity index (χ4n) is 2.88. The van der Waals surface area contributed by atoms with E-state index in [9.17, 15) is 13.2 Å². The zero-order valence-electron chi connectivity index (χ0n) is 16.3. The third-order valence-electron chi connectivity index (χ3n) is 3.81. The molecule has 2 N–H and O–H groups in total. The number of nitrogens with zero attached hydrogens (tertiary/aromatic N) is 2. The van der Waals surface area contributed by atoms with Crippen LogP contribution in [0.25, 0.3) is 0 Å². The number of aryl methyl sites for hydroxylation is 3. The van der Waals surface area contributed by atoms with Crippen LogP contribution >= 0.6 is 11.3 Å². The van der Waals surface area contributed by atoms with E-state index >= 15 is 0 Å². The second kappa shape index (κ2) is 8.90. The van der Waals surface area contributed by atoms with E-state index in [1.54, 1.807) is 13.8 Å². The number of carbonyl (C=O) groups excluding carboxylic acids is 1. The Balaban J connectivity index is 1.91. The quantitative estimate of drug-likeness (QED) is 0.697. The van der Waals surface area contributed by atoms with Crippen LogP contribution in [0.5, 0.6) is 0 Å². The normalized spacial score (nSPS) is 11.8. The molecular formula is C18H26N4O3S2. The van der Waals surface area contributed by atoms with E-state index in [-0.39, 0.29) is 23.8 Å². The van der Waals surface area contributed by atoms with Crippen LogP contribution < -0.4 is 10.0 Å². The number of rotatable bonds is 8.